The van der Waals surface area contributed by atoms with Gasteiger partial charge in [0.05, 0.1) is 27.8 Å². The van der Waals surface area contributed by atoms with E-state index in [2.05, 4.69) is 0 Å². The molecule has 1 saturated heterocycles. The summed E-state index contributed by atoms with van der Waals surface area (Å²) in [5.74, 6) is -1.89. The summed E-state index contributed by atoms with van der Waals surface area (Å²) in [5.41, 5.74) is 0.500. The summed E-state index contributed by atoms with van der Waals surface area (Å²) in [6.07, 6.45) is -2.29. The van der Waals surface area contributed by atoms with Gasteiger partial charge in [-0.25, -0.2) is 9.59 Å². The van der Waals surface area contributed by atoms with E-state index in [1.54, 1.807) is 24.3 Å². The molecule has 1 aliphatic rings. The number of carbonyl (C=O) groups is 3. The van der Waals surface area contributed by atoms with Crippen LogP contribution in [0, 0.1) is 5.92 Å². The number of halogens is 3. The molecule has 1 aromatic carbocycles. The van der Waals surface area contributed by atoms with Gasteiger partial charge in [-0.05, 0) is 6.07 Å². The Morgan fingerprint density at radius 3 is 2.33 bits per heavy atom. The van der Waals surface area contributed by atoms with Crippen molar-refractivity contribution in [2.24, 2.45) is 5.92 Å². The van der Waals surface area contributed by atoms with Gasteiger partial charge < -0.3 is 18.9 Å². The molecule has 0 unspecified atom stereocenters. The molecule has 12 heteroatoms. The third kappa shape index (κ3) is 5.81. The van der Waals surface area contributed by atoms with Crippen molar-refractivity contribution in [1.82, 2.24) is 5.06 Å². The number of carbonyl (C=O) groups excluding carboxylic acids is 3. The monoisotopic (exact) mass is 483 g/mol. The second kappa shape index (κ2) is 10.4. The minimum absolute atomic E-state index is 0.257. The zero-order valence-electron chi connectivity index (χ0n) is 16.3. The van der Waals surface area contributed by atoms with Gasteiger partial charge >= 0.3 is 18.0 Å². The van der Waals surface area contributed by atoms with Crippen LogP contribution in [0.4, 0.5) is 4.79 Å². The normalized spacial score (nSPS) is 21.1. The predicted molar refractivity (Wildman–Crippen MR) is 106 cm³/mol. The number of hydroxylamine groups is 2. The fourth-order valence-electron chi connectivity index (χ4n) is 3.04. The number of esters is 2. The first-order valence-corrected chi connectivity index (χ1v) is 9.73. The quantitative estimate of drug-likeness (QED) is 0.345. The van der Waals surface area contributed by atoms with Crippen LogP contribution >= 0.6 is 34.8 Å². The first kappa shape index (κ1) is 24.3. The SMILES string of the molecule is COC(=O)C[C@H]1[C@@H](c2ccccc2OC)ON(C(=O)OCC(Cl)(Cl)Cl)[C@@H]1C(=O)OC. The lowest BCUT2D eigenvalue weighted by atomic mass is 9.87. The highest BCUT2D eigenvalue weighted by Crippen LogP contribution is 2.44. The van der Waals surface area contributed by atoms with Crippen molar-refractivity contribution < 1.29 is 38.2 Å². The van der Waals surface area contributed by atoms with Crippen LogP contribution in [0.25, 0.3) is 0 Å². The van der Waals surface area contributed by atoms with Crippen molar-refractivity contribution >= 4 is 52.8 Å². The summed E-state index contributed by atoms with van der Waals surface area (Å²) in [5, 5.41) is 0.674. The van der Waals surface area contributed by atoms with Crippen LogP contribution in [0.1, 0.15) is 18.1 Å². The average Bonchev–Trinajstić information content (AvgIpc) is 3.09. The van der Waals surface area contributed by atoms with E-state index in [1.165, 1.54) is 14.2 Å². The highest BCUT2D eigenvalue weighted by atomic mass is 35.6. The van der Waals surface area contributed by atoms with Crippen LogP contribution < -0.4 is 4.74 Å². The standard InChI is InChI=1S/C18H20Cl3NO8/c1-26-12-7-5-4-6-10(12)15-11(8-13(23)27-2)14(16(24)28-3)22(30-15)17(25)29-9-18(19,20)21/h4-7,11,14-15H,8-9H2,1-3H3/t11-,14+,15-/m1/s1. The van der Waals surface area contributed by atoms with Crippen LogP contribution in [0.3, 0.4) is 0 Å². The molecule has 0 spiro atoms. The molecule has 0 bridgehead atoms. The number of para-hydroxylation sites is 1. The second-order valence-electron chi connectivity index (χ2n) is 6.18. The van der Waals surface area contributed by atoms with Crippen LogP contribution in [-0.4, -0.2) is 60.9 Å². The molecular weight excluding hydrogens is 465 g/mol. The summed E-state index contributed by atoms with van der Waals surface area (Å²) in [4.78, 5) is 42.9. The number of alkyl halides is 3. The minimum Gasteiger partial charge on any atom is -0.496 e. The van der Waals surface area contributed by atoms with Gasteiger partial charge in [0.2, 0.25) is 3.79 Å². The van der Waals surface area contributed by atoms with Crippen LogP contribution in [-0.2, 0) is 28.6 Å². The fourth-order valence-corrected chi connectivity index (χ4v) is 3.21. The lowest BCUT2D eigenvalue weighted by Gasteiger charge is -2.23. The number of methoxy groups -OCH3 is 3. The highest BCUT2D eigenvalue weighted by molar-refractivity contribution is 6.67. The molecular formula is C18H20Cl3NO8. The second-order valence-corrected chi connectivity index (χ2v) is 8.69. The molecule has 3 atom stereocenters. The number of benzene rings is 1. The van der Waals surface area contributed by atoms with E-state index in [9.17, 15) is 14.4 Å². The van der Waals surface area contributed by atoms with E-state index in [4.69, 9.17) is 58.6 Å². The topological polar surface area (TPSA) is 101 Å². The van der Waals surface area contributed by atoms with E-state index in [0.717, 1.165) is 7.11 Å². The maximum atomic E-state index is 12.6. The Morgan fingerprint density at radius 2 is 1.77 bits per heavy atom. The first-order chi connectivity index (χ1) is 14.1. The van der Waals surface area contributed by atoms with Crippen molar-refractivity contribution in [3.63, 3.8) is 0 Å². The number of rotatable bonds is 6. The molecule has 0 radical (unpaired) electrons. The van der Waals surface area contributed by atoms with E-state index in [0.29, 0.717) is 16.4 Å². The Bertz CT molecular complexity index is 785. The van der Waals surface area contributed by atoms with Crippen molar-refractivity contribution in [2.75, 3.05) is 27.9 Å². The molecule has 1 heterocycles. The summed E-state index contributed by atoms with van der Waals surface area (Å²) < 4.78 is 18.0. The van der Waals surface area contributed by atoms with Gasteiger partial charge in [-0.1, -0.05) is 53.0 Å². The number of amides is 1. The zero-order valence-corrected chi connectivity index (χ0v) is 18.6. The van der Waals surface area contributed by atoms with E-state index in [1.807, 2.05) is 0 Å². The number of nitrogens with zero attached hydrogens (tertiary/aromatic N) is 1. The number of hydrogen-bond donors (Lipinski definition) is 0. The van der Waals surface area contributed by atoms with Crippen molar-refractivity contribution in [1.29, 1.82) is 0 Å². The average molecular weight is 485 g/mol. The molecule has 1 fully saturated rings. The maximum Gasteiger partial charge on any atom is 0.434 e. The zero-order chi connectivity index (χ0) is 22.5. The molecule has 1 aliphatic heterocycles. The molecule has 0 saturated carbocycles. The van der Waals surface area contributed by atoms with Crippen molar-refractivity contribution in [3.05, 3.63) is 29.8 Å². The molecule has 0 N–H and O–H groups in total. The Morgan fingerprint density at radius 1 is 1.10 bits per heavy atom. The van der Waals surface area contributed by atoms with E-state index < -0.39 is 46.5 Å². The molecule has 0 aromatic heterocycles. The summed E-state index contributed by atoms with van der Waals surface area (Å²) in [6, 6.07) is 5.47. The first-order valence-electron chi connectivity index (χ1n) is 8.60. The number of hydrogen-bond acceptors (Lipinski definition) is 8. The Kier molecular flexibility index (Phi) is 8.42. The summed E-state index contributed by atoms with van der Waals surface area (Å²) in [7, 11) is 3.79. The highest BCUT2D eigenvalue weighted by Gasteiger charge is 2.53. The molecule has 9 nitrogen and oxygen atoms in total. The molecule has 0 aliphatic carbocycles. The lowest BCUT2D eigenvalue weighted by Crippen LogP contribution is -2.44. The Balaban J connectivity index is 2.45. The van der Waals surface area contributed by atoms with Gasteiger partial charge in [-0.2, -0.15) is 5.06 Å². The minimum atomic E-state index is -1.87. The lowest BCUT2D eigenvalue weighted by molar-refractivity contribution is -0.168. The van der Waals surface area contributed by atoms with Crippen LogP contribution in [0.15, 0.2) is 24.3 Å². The van der Waals surface area contributed by atoms with Crippen molar-refractivity contribution in [2.45, 2.75) is 22.4 Å². The van der Waals surface area contributed by atoms with Gasteiger partial charge in [0.1, 0.15) is 18.5 Å². The predicted octanol–water partition coefficient (Wildman–Crippen LogP) is 3.21. The maximum absolute atomic E-state index is 12.6. The smallest absolute Gasteiger partial charge is 0.434 e. The van der Waals surface area contributed by atoms with Crippen molar-refractivity contribution in [3.8, 4) is 5.75 Å². The van der Waals surface area contributed by atoms with Gasteiger partial charge in [0, 0.05) is 11.5 Å². The largest absolute Gasteiger partial charge is 0.496 e. The molecule has 1 aromatic rings. The summed E-state index contributed by atoms with van der Waals surface area (Å²) >= 11 is 16.8. The molecule has 166 valence electrons. The Hall–Kier alpha value is -1.94. The van der Waals surface area contributed by atoms with Gasteiger partial charge in [0.15, 0.2) is 6.04 Å². The van der Waals surface area contributed by atoms with Gasteiger partial charge in [-0.3, -0.25) is 9.63 Å². The van der Waals surface area contributed by atoms with Gasteiger partial charge in [0.25, 0.3) is 0 Å². The van der Waals surface area contributed by atoms with Gasteiger partial charge in [-0.15, -0.1) is 0 Å². The van der Waals surface area contributed by atoms with Crippen LogP contribution in [0.5, 0.6) is 5.75 Å². The molecule has 30 heavy (non-hydrogen) atoms. The molecule has 2 rings (SSSR count). The molecule has 1 amide bonds. The third-order valence-electron chi connectivity index (χ3n) is 4.33. The third-order valence-corrected chi connectivity index (χ3v) is 4.66. The van der Waals surface area contributed by atoms with E-state index >= 15 is 0 Å². The summed E-state index contributed by atoms with van der Waals surface area (Å²) in [6.45, 7) is -0.592. The Labute approximate surface area is 187 Å². The van der Waals surface area contributed by atoms with Crippen LogP contribution in [0.2, 0.25) is 0 Å². The van der Waals surface area contributed by atoms with E-state index in [-0.39, 0.29) is 6.42 Å². The fraction of sp³-hybridized carbons (Fsp3) is 0.500. The number of ether oxygens (including phenoxy) is 4.